The predicted molar refractivity (Wildman–Crippen MR) is 86.5 cm³/mol. The highest BCUT2D eigenvalue weighted by Gasteiger charge is 2.57. The molecule has 0 aromatic carbocycles. The van der Waals surface area contributed by atoms with Crippen LogP contribution in [-0.4, -0.2) is 25.5 Å². The zero-order valence-corrected chi connectivity index (χ0v) is 13.7. The van der Waals surface area contributed by atoms with Gasteiger partial charge < -0.3 is 10.6 Å². The predicted octanol–water partition coefficient (Wildman–Crippen LogP) is 2.74. The van der Waals surface area contributed by atoms with Gasteiger partial charge in [-0.1, -0.05) is 6.42 Å². The van der Waals surface area contributed by atoms with Crippen LogP contribution in [0, 0.1) is 29.1 Å². The van der Waals surface area contributed by atoms with Crippen molar-refractivity contribution in [3.63, 3.8) is 0 Å². The number of carbonyl (C=O) groups is 1. The van der Waals surface area contributed by atoms with Crippen LogP contribution in [0.25, 0.3) is 0 Å². The minimum absolute atomic E-state index is 0. The van der Waals surface area contributed by atoms with E-state index in [4.69, 9.17) is 0 Å². The third-order valence-corrected chi connectivity index (χ3v) is 6.80. The molecule has 21 heavy (non-hydrogen) atoms. The zero-order chi connectivity index (χ0) is 13.6. The molecule has 1 spiro atoms. The van der Waals surface area contributed by atoms with E-state index in [0.717, 1.165) is 43.8 Å². The monoisotopic (exact) mass is 312 g/mol. The molecule has 3 aliphatic carbocycles. The topological polar surface area (TPSA) is 41.1 Å². The number of hydrogen-bond acceptors (Lipinski definition) is 2. The minimum atomic E-state index is 0. The fraction of sp³-hybridized carbons (Fsp3) is 0.941. The fourth-order valence-corrected chi connectivity index (χ4v) is 5.43. The highest BCUT2D eigenvalue weighted by atomic mass is 35.5. The van der Waals surface area contributed by atoms with Gasteiger partial charge in [-0.3, -0.25) is 4.79 Å². The van der Waals surface area contributed by atoms with Gasteiger partial charge in [0.2, 0.25) is 5.91 Å². The van der Waals surface area contributed by atoms with Crippen molar-refractivity contribution < 1.29 is 4.79 Å². The van der Waals surface area contributed by atoms with E-state index in [-0.39, 0.29) is 12.4 Å². The molecule has 0 radical (unpaired) electrons. The third-order valence-electron chi connectivity index (χ3n) is 6.80. The Morgan fingerprint density at radius 2 is 2.00 bits per heavy atom. The van der Waals surface area contributed by atoms with Crippen LogP contribution in [0.4, 0.5) is 0 Å². The Balaban J connectivity index is 0.00000132. The molecule has 4 unspecified atom stereocenters. The Bertz CT molecular complexity index is 394. The molecule has 0 aromatic heterocycles. The van der Waals surface area contributed by atoms with Gasteiger partial charge in [0.25, 0.3) is 0 Å². The fourth-order valence-electron chi connectivity index (χ4n) is 5.43. The molecule has 0 aromatic rings. The van der Waals surface area contributed by atoms with Crippen molar-refractivity contribution in [3.8, 4) is 0 Å². The molecular formula is C17H29ClN2O. The maximum Gasteiger partial charge on any atom is 0.223 e. The largest absolute Gasteiger partial charge is 0.356 e. The van der Waals surface area contributed by atoms with E-state index in [0.29, 0.717) is 17.2 Å². The summed E-state index contributed by atoms with van der Waals surface area (Å²) < 4.78 is 0. The Hall–Kier alpha value is -0.280. The summed E-state index contributed by atoms with van der Waals surface area (Å²) in [5.74, 6) is 3.64. The lowest BCUT2D eigenvalue weighted by Gasteiger charge is -2.24. The van der Waals surface area contributed by atoms with Crippen LogP contribution in [0.1, 0.15) is 51.4 Å². The Kier molecular flexibility index (Phi) is 4.52. The van der Waals surface area contributed by atoms with E-state index in [2.05, 4.69) is 10.6 Å². The maximum atomic E-state index is 12.3. The van der Waals surface area contributed by atoms with Gasteiger partial charge in [-0.25, -0.2) is 0 Å². The smallest absolute Gasteiger partial charge is 0.223 e. The zero-order valence-electron chi connectivity index (χ0n) is 12.9. The van der Waals surface area contributed by atoms with Gasteiger partial charge in [0.15, 0.2) is 0 Å². The van der Waals surface area contributed by atoms with Crippen LogP contribution in [0.5, 0.6) is 0 Å². The summed E-state index contributed by atoms with van der Waals surface area (Å²) in [7, 11) is 0. The molecule has 4 rings (SSSR count). The Morgan fingerprint density at radius 3 is 2.67 bits per heavy atom. The number of fused-ring (bicyclic) bond motifs is 2. The molecule has 1 heterocycles. The summed E-state index contributed by atoms with van der Waals surface area (Å²) in [5.41, 5.74) is 0.391. The molecule has 3 nitrogen and oxygen atoms in total. The summed E-state index contributed by atoms with van der Waals surface area (Å²) in [6.07, 6.45) is 10.7. The van der Waals surface area contributed by atoms with Gasteiger partial charge in [-0.15, -0.1) is 12.4 Å². The number of halogens is 1. The first-order valence-corrected chi connectivity index (χ1v) is 8.75. The number of piperidine rings is 1. The van der Waals surface area contributed by atoms with Crippen LogP contribution in [0.3, 0.4) is 0 Å². The number of carbonyl (C=O) groups excluding carboxylic acids is 1. The summed E-state index contributed by atoms with van der Waals surface area (Å²) in [4.78, 5) is 12.3. The first-order chi connectivity index (χ1) is 9.77. The van der Waals surface area contributed by atoms with Crippen molar-refractivity contribution in [2.45, 2.75) is 51.4 Å². The van der Waals surface area contributed by atoms with E-state index in [1.54, 1.807) is 0 Å². The summed E-state index contributed by atoms with van der Waals surface area (Å²) >= 11 is 0. The van der Waals surface area contributed by atoms with Gasteiger partial charge >= 0.3 is 0 Å². The van der Waals surface area contributed by atoms with Crippen molar-refractivity contribution in [3.05, 3.63) is 0 Å². The molecule has 1 amide bonds. The second-order valence-corrected chi connectivity index (χ2v) is 7.88. The third kappa shape index (κ3) is 2.96. The van der Waals surface area contributed by atoms with Crippen molar-refractivity contribution in [1.29, 1.82) is 0 Å². The van der Waals surface area contributed by atoms with E-state index < -0.39 is 0 Å². The van der Waals surface area contributed by atoms with Crippen LogP contribution in [0.15, 0.2) is 0 Å². The first-order valence-electron chi connectivity index (χ1n) is 8.75. The summed E-state index contributed by atoms with van der Waals surface area (Å²) in [6, 6.07) is 0. The van der Waals surface area contributed by atoms with E-state index in [1.165, 1.54) is 44.9 Å². The lowest BCUT2D eigenvalue weighted by atomic mass is 9.86. The molecule has 2 bridgehead atoms. The Morgan fingerprint density at radius 1 is 1.19 bits per heavy atom. The number of nitrogens with one attached hydrogen (secondary N) is 2. The molecule has 1 aliphatic heterocycles. The van der Waals surface area contributed by atoms with Crippen LogP contribution < -0.4 is 10.6 Å². The number of hydrogen-bond donors (Lipinski definition) is 2. The Labute approximate surface area is 134 Å². The molecule has 4 atom stereocenters. The molecule has 2 N–H and O–H groups in total. The maximum absolute atomic E-state index is 12.3. The average Bonchev–Trinajstić information content (AvgIpc) is 2.85. The molecule has 3 saturated carbocycles. The molecule has 4 fully saturated rings. The first kappa shape index (κ1) is 15.6. The van der Waals surface area contributed by atoms with Gasteiger partial charge in [0, 0.05) is 12.5 Å². The standard InChI is InChI=1S/C17H28N2O.ClH/c20-16(15-11-17(15)4-7-18-8-5-17)19-6-3-14-10-12-1-2-13(14)9-12;/h12-15,18H,1-11H2,(H,19,20);1H. The summed E-state index contributed by atoms with van der Waals surface area (Å²) in [5, 5.41) is 6.65. The van der Waals surface area contributed by atoms with Gasteiger partial charge in [0.1, 0.15) is 0 Å². The molecule has 4 aliphatic rings. The molecule has 4 heteroatoms. The van der Waals surface area contributed by atoms with Crippen LogP contribution >= 0.6 is 12.4 Å². The van der Waals surface area contributed by atoms with Gasteiger partial charge in [-0.2, -0.15) is 0 Å². The number of rotatable bonds is 4. The van der Waals surface area contributed by atoms with Crippen molar-refractivity contribution in [2.24, 2.45) is 29.1 Å². The van der Waals surface area contributed by atoms with Crippen LogP contribution in [0.2, 0.25) is 0 Å². The summed E-state index contributed by atoms with van der Waals surface area (Å²) in [6.45, 7) is 3.14. The lowest BCUT2D eigenvalue weighted by molar-refractivity contribution is -0.123. The van der Waals surface area contributed by atoms with Gasteiger partial charge in [-0.05, 0) is 81.2 Å². The SMILES string of the molecule is Cl.O=C(NCCC1CC2CCC1C2)C1CC12CCNCC2. The molecule has 1 saturated heterocycles. The van der Waals surface area contributed by atoms with Crippen molar-refractivity contribution in [1.82, 2.24) is 10.6 Å². The number of amides is 1. The second kappa shape index (κ2) is 6.08. The molecular weight excluding hydrogens is 284 g/mol. The van der Waals surface area contributed by atoms with Crippen molar-refractivity contribution in [2.75, 3.05) is 19.6 Å². The lowest BCUT2D eigenvalue weighted by Crippen LogP contribution is -2.34. The minimum Gasteiger partial charge on any atom is -0.356 e. The van der Waals surface area contributed by atoms with E-state index >= 15 is 0 Å². The average molecular weight is 313 g/mol. The van der Waals surface area contributed by atoms with E-state index in [9.17, 15) is 4.79 Å². The van der Waals surface area contributed by atoms with Gasteiger partial charge in [0.05, 0.1) is 0 Å². The highest BCUT2D eigenvalue weighted by Crippen LogP contribution is 2.58. The van der Waals surface area contributed by atoms with Crippen LogP contribution in [-0.2, 0) is 4.79 Å². The molecule has 120 valence electrons. The second-order valence-electron chi connectivity index (χ2n) is 7.88. The quantitative estimate of drug-likeness (QED) is 0.838. The normalized spacial score (nSPS) is 39.0. The highest BCUT2D eigenvalue weighted by molar-refractivity contribution is 5.85. The van der Waals surface area contributed by atoms with E-state index in [1.807, 2.05) is 0 Å². The van der Waals surface area contributed by atoms with Crippen molar-refractivity contribution >= 4 is 18.3 Å².